The maximum Gasteiger partial charge on any atom is 0.355 e. The molecule has 0 radical (unpaired) electrons. The number of carbonyl (C=O) groups is 2. The molecule has 7 heteroatoms. The summed E-state index contributed by atoms with van der Waals surface area (Å²) in [6.07, 6.45) is 5.72. The number of ether oxygens (including phenoxy) is 3. The molecule has 0 aromatic heterocycles. The molecule has 0 spiro atoms. The number of esters is 2. The topological polar surface area (TPSA) is 65.1 Å². The Kier molecular flexibility index (Phi) is 6.16. The molecule has 1 aliphatic heterocycles. The highest BCUT2D eigenvalue weighted by molar-refractivity contribution is 6.05. The molecule has 0 aliphatic carbocycles. The van der Waals surface area contributed by atoms with Gasteiger partial charge in [-0.05, 0) is 38.1 Å². The quantitative estimate of drug-likeness (QED) is 0.751. The van der Waals surface area contributed by atoms with Crippen LogP contribution >= 0.6 is 0 Å². The number of carbonyl (C=O) groups excluding carboxylic acids is 2. The highest BCUT2D eigenvalue weighted by Crippen LogP contribution is 2.36. The second-order valence-electron chi connectivity index (χ2n) is 5.57. The van der Waals surface area contributed by atoms with E-state index in [2.05, 4.69) is 0 Å². The molecule has 1 aromatic carbocycles. The van der Waals surface area contributed by atoms with E-state index in [1.807, 2.05) is 0 Å². The molecule has 0 saturated carbocycles. The number of halogens is 1. The summed E-state index contributed by atoms with van der Waals surface area (Å²) in [5.74, 6) is -1.98. The van der Waals surface area contributed by atoms with E-state index in [4.69, 9.17) is 14.2 Å². The summed E-state index contributed by atoms with van der Waals surface area (Å²) in [7, 11) is 2.37. The van der Waals surface area contributed by atoms with E-state index in [0.717, 1.165) is 0 Å². The van der Waals surface area contributed by atoms with E-state index in [1.54, 1.807) is 32.1 Å². The minimum absolute atomic E-state index is 0.0112. The Bertz CT molecular complexity index is 795. The average molecular weight is 361 g/mol. The molecule has 0 saturated heterocycles. The van der Waals surface area contributed by atoms with Crippen molar-refractivity contribution in [3.63, 3.8) is 0 Å². The van der Waals surface area contributed by atoms with Gasteiger partial charge in [-0.25, -0.2) is 14.0 Å². The lowest BCUT2D eigenvalue weighted by Crippen LogP contribution is -2.28. The van der Waals surface area contributed by atoms with E-state index in [-0.39, 0.29) is 28.8 Å². The third-order valence-corrected chi connectivity index (χ3v) is 3.44. The predicted molar refractivity (Wildman–Crippen MR) is 94.0 cm³/mol. The largest absolute Gasteiger partial charge is 0.489 e. The minimum atomic E-state index is -0.819. The summed E-state index contributed by atoms with van der Waals surface area (Å²) in [4.78, 5) is 25.8. The number of methoxy groups -OCH3 is 2. The second kappa shape index (κ2) is 8.33. The smallest absolute Gasteiger partial charge is 0.355 e. The zero-order valence-corrected chi connectivity index (χ0v) is 15.0. The van der Waals surface area contributed by atoms with Crippen LogP contribution in [0.2, 0.25) is 0 Å². The Morgan fingerprint density at radius 2 is 1.77 bits per heavy atom. The van der Waals surface area contributed by atoms with Crippen molar-refractivity contribution in [2.24, 2.45) is 0 Å². The van der Waals surface area contributed by atoms with Gasteiger partial charge in [0.2, 0.25) is 0 Å². The van der Waals surface area contributed by atoms with Gasteiger partial charge in [-0.15, -0.1) is 0 Å². The molecule has 0 atom stereocenters. The van der Waals surface area contributed by atoms with E-state index in [1.165, 1.54) is 43.5 Å². The Morgan fingerprint density at radius 3 is 2.38 bits per heavy atom. The van der Waals surface area contributed by atoms with Crippen LogP contribution in [0.1, 0.15) is 13.8 Å². The number of para-hydroxylation sites is 1. The van der Waals surface area contributed by atoms with E-state index >= 15 is 0 Å². The summed E-state index contributed by atoms with van der Waals surface area (Å²) in [6, 6.07) is 4.32. The first-order valence-electron chi connectivity index (χ1n) is 7.90. The molecule has 1 aliphatic rings. The van der Waals surface area contributed by atoms with Crippen LogP contribution in [0.3, 0.4) is 0 Å². The molecule has 0 N–H and O–H groups in total. The van der Waals surface area contributed by atoms with Crippen molar-refractivity contribution in [1.82, 2.24) is 0 Å². The lowest BCUT2D eigenvalue weighted by Gasteiger charge is -2.26. The molecule has 1 aromatic rings. The number of benzene rings is 1. The molecule has 0 fully saturated rings. The Morgan fingerprint density at radius 1 is 1.08 bits per heavy atom. The molecule has 0 unspecified atom stereocenters. The fourth-order valence-electron chi connectivity index (χ4n) is 2.42. The fraction of sp³-hybridized carbons (Fsp3) is 0.263. The molecule has 0 bridgehead atoms. The number of hydrogen-bond acceptors (Lipinski definition) is 6. The first-order valence-corrected chi connectivity index (χ1v) is 7.90. The van der Waals surface area contributed by atoms with Gasteiger partial charge in [-0.2, -0.15) is 0 Å². The maximum absolute atomic E-state index is 14.7. The lowest BCUT2D eigenvalue weighted by atomic mass is 10.1. The van der Waals surface area contributed by atoms with Gasteiger partial charge in [0.15, 0.2) is 5.82 Å². The highest BCUT2D eigenvalue weighted by Gasteiger charge is 2.30. The van der Waals surface area contributed by atoms with Crippen molar-refractivity contribution < 1.29 is 28.2 Å². The van der Waals surface area contributed by atoms with Crippen LogP contribution in [0.15, 0.2) is 53.9 Å². The second-order valence-corrected chi connectivity index (χ2v) is 5.57. The molecule has 2 rings (SSSR count). The van der Waals surface area contributed by atoms with Gasteiger partial charge in [-0.3, -0.25) is 0 Å². The lowest BCUT2D eigenvalue weighted by molar-refractivity contribution is -0.139. The minimum Gasteiger partial charge on any atom is -0.489 e. The number of anilines is 1. The van der Waals surface area contributed by atoms with Crippen molar-refractivity contribution in [2.45, 2.75) is 20.0 Å². The van der Waals surface area contributed by atoms with Gasteiger partial charge in [0.1, 0.15) is 17.1 Å². The fourth-order valence-corrected chi connectivity index (χ4v) is 2.42. The summed E-state index contributed by atoms with van der Waals surface area (Å²) in [6.45, 7) is 3.59. The van der Waals surface area contributed by atoms with Gasteiger partial charge in [0.25, 0.3) is 0 Å². The molecule has 138 valence electrons. The Hall–Kier alpha value is -3.09. The van der Waals surface area contributed by atoms with Crippen LogP contribution in [0.25, 0.3) is 0 Å². The summed E-state index contributed by atoms with van der Waals surface area (Å²) in [5.41, 5.74) is -0.255. The number of hydrogen-bond donors (Lipinski definition) is 0. The van der Waals surface area contributed by atoms with Crippen molar-refractivity contribution in [3.8, 4) is 5.75 Å². The molecule has 0 amide bonds. The van der Waals surface area contributed by atoms with Crippen LogP contribution in [-0.4, -0.2) is 32.3 Å². The van der Waals surface area contributed by atoms with Crippen molar-refractivity contribution in [2.75, 3.05) is 19.1 Å². The van der Waals surface area contributed by atoms with Crippen LogP contribution in [-0.2, 0) is 19.1 Å². The van der Waals surface area contributed by atoms with Crippen molar-refractivity contribution >= 4 is 17.6 Å². The summed E-state index contributed by atoms with van der Waals surface area (Å²) >= 11 is 0. The van der Waals surface area contributed by atoms with Crippen LogP contribution in [0, 0.1) is 5.82 Å². The monoisotopic (exact) mass is 361 g/mol. The normalized spacial score (nSPS) is 13.7. The first kappa shape index (κ1) is 19.2. The highest BCUT2D eigenvalue weighted by atomic mass is 19.1. The van der Waals surface area contributed by atoms with Gasteiger partial charge in [0.05, 0.1) is 25.9 Å². The first-order chi connectivity index (χ1) is 12.4. The van der Waals surface area contributed by atoms with Crippen LogP contribution in [0.5, 0.6) is 5.75 Å². The molecular weight excluding hydrogens is 341 g/mol. The number of nitrogens with zero attached hydrogens (tertiary/aromatic N) is 1. The van der Waals surface area contributed by atoms with E-state index in [9.17, 15) is 14.0 Å². The predicted octanol–water partition coefficient (Wildman–Crippen LogP) is 3.10. The summed E-state index contributed by atoms with van der Waals surface area (Å²) in [5, 5.41) is 0. The van der Waals surface area contributed by atoms with Gasteiger partial charge in [-0.1, -0.05) is 12.1 Å². The Balaban J connectivity index is 2.74. The molecular formula is C19H20FNO5. The summed E-state index contributed by atoms with van der Waals surface area (Å²) < 4.78 is 29.9. The Labute approximate surface area is 151 Å². The van der Waals surface area contributed by atoms with Gasteiger partial charge < -0.3 is 19.1 Å². The third-order valence-electron chi connectivity index (χ3n) is 3.44. The molecule has 6 nitrogen and oxygen atoms in total. The van der Waals surface area contributed by atoms with Gasteiger partial charge in [0, 0.05) is 6.20 Å². The zero-order chi connectivity index (χ0) is 19.3. The average Bonchev–Trinajstić information content (AvgIpc) is 2.82. The zero-order valence-electron chi connectivity index (χ0n) is 15.0. The number of rotatable bonds is 5. The van der Waals surface area contributed by atoms with Crippen LogP contribution in [0.4, 0.5) is 10.1 Å². The third kappa shape index (κ3) is 3.93. The SMILES string of the molecule is COC(=O)C1=C(C(=O)OC)N(c2c(F)cccc2OC(C)C)C=CC=C1. The standard InChI is InChI=1S/C19H20FNO5/c1-12(2)26-15-10-7-9-14(20)17(15)21-11-6-5-8-13(18(22)24-3)16(21)19(23)25-4/h5-12H,1-4H3. The number of allylic oxidation sites excluding steroid dienone is 2. The van der Waals surface area contributed by atoms with Crippen LogP contribution < -0.4 is 9.64 Å². The molecule has 1 heterocycles. The maximum atomic E-state index is 14.7. The van der Waals surface area contributed by atoms with E-state index in [0.29, 0.717) is 0 Å². The van der Waals surface area contributed by atoms with E-state index < -0.39 is 17.8 Å². The van der Waals surface area contributed by atoms with Gasteiger partial charge >= 0.3 is 11.9 Å². The molecule has 26 heavy (non-hydrogen) atoms. The van der Waals surface area contributed by atoms with Crippen molar-refractivity contribution in [3.05, 3.63) is 59.7 Å². The van der Waals surface area contributed by atoms with Crippen molar-refractivity contribution in [1.29, 1.82) is 0 Å².